The molecule has 2 aliphatic heterocycles. The van der Waals surface area contributed by atoms with E-state index in [2.05, 4.69) is 0 Å². The third-order valence-electron chi connectivity index (χ3n) is 7.03. The van der Waals surface area contributed by atoms with Gasteiger partial charge in [0, 0.05) is 6.42 Å². The minimum absolute atomic E-state index is 0.0903. The Morgan fingerprint density at radius 2 is 1.43 bits per heavy atom. The Balaban J connectivity index is 1.84. The fourth-order valence-electron chi connectivity index (χ4n) is 5.38. The van der Waals surface area contributed by atoms with E-state index in [0.717, 1.165) is 9.80 Å². The molecule has 2 saturated heterocycles. The molecule has 6 atom stereocenters. The van der Waals surface area contributed by atoms with Crippen molar-refractivity contribution < 1.29 is 28.8 Å². The second-order valence-corrected chi connectivity index (χ2v) is 11.8. The Morgan fingerprint density at radius 1 is 0.914 bits per heavy atom. The number of carbonyl (C=O) groups is 6. The number of halogens is 2. The van der Waals surface area contributed by atoms with Gasteiger partial charge in [-0.15, -0.1) is 0 Å². The number of carbonyl (C=O) groups excluding carboxylic acids is 6. The lowest BCUT2D eigenvalue weighted by Gasteiger charge is -2.30. The molecule has 1 aliphatic carbocycles. The molecule has 3 aliphatic rings. The molecule has 0 bridgehead atoms. The molecular weight excluding hydrogens is 535 g/mol. The van der Waals surface area contributed by atoms with Crippen LogP contribution in [0.25, 0.3) is 0 Å². The molecular formula is C23H28Cl2N2O6S2. The second kappa shape index (κ2) is 11.8. The predicted octanol–water partition coefficient (Wildman–Crippen LogP) is 2.70. The van der Waals surface area contributed by atoms with Gasteiger partial charge in [-0.25, -0.2) is 0 Å². The maximum Gasteiger partial charge on any atom is 0.244 e. The van der Waals surface area contributed by atoms with Crippen molar-refractivity contribution in [1.82, 2.24) is 9.80 Å². The normalized spacial score (nSPS) is 28.3. The van der Waals surface area contributed by atoms with E-state index in [1.54, 1.807) is 13.0 Å². The van der Waals surface area contributed by atoms with Crippen LogP contribution in [0.5, 0.6) is 0 Å². The van der Waals surface area contributed by atoms with Crippen LogP contribution in [0.2, 0.25) is 0 Å². The number of amides is 4. The summed E-state index contributed by atoms with van der Waals surface area (Å²) >= 11 is 14.5. The Labute approximate surface area is 222 Å². The van der Waals surface area contributed by atoms with Gasteiger partial charge in [-0.2, -0.15) is 23.5 Å². The third-order valence-corrected chi connectivity index (χ3v) is 8.82. The first-order valence-corrected chi connectivity index (χ1v) is 14.9. The molecule has 4 amide bonds. The van der Waals surface area contributed by atoms with E-state index in [9.17, 15) is 28.8 Å². The van der Waals surface area contributed by atoms with Gasteiger partial charge in [0.1, 0.15) is 12.1 Å². The Kier molecular flexibility index (Phi) is 9.51. The lowest BCUT2D eigenvalue weighted by atomic mass is 9.71. The number of allylic oxidation sites excluding steroid dienone is 1. The monoisotopic (exact) mass is 562 g/mol. The zero-order valence-electron chi connectivity index (χ0n) is 19.7. The molecule has 8 nitrogen and oxygen atoms in total. The first-order valence-electron chi connectivity index (χ1n) is 11.3. The number of hydrogen-bond donors (Lipinski definition) is 0. The molecule has 0 spiro atoms. The summed E-state index contributed by atoms with van der Waals surface area (Å²) in [6, 6.07) is -2.05. The van der Waals surface area contributed by atoms with Gasteiger partial charge in [0.05, 0.1) is 17.8 Å². The van der Waals surface area contributed by atoms with E-state index in [1.165, 1.54) is 23.5 Å². The van der Waals surface area contributed by atoms with Crippen molar-refractivity contribution >= 4 is 80.8 Å². The van der Waals surface area contributed by atoms with Crippen LogP contribution in [0, 0.1) is 23.7 Å². The van der Waals surface area contributed by atoms with Gasteiger partial charge in [-0.1, -0.05) is 11.6 Å². The average molecular weight is 564 g/mol. The molecule has 2 fully saturated rings. The number of likely N-dealkylation sites (tertiary alicyclic amines) is 2. The van der Waals surface area contributed by atoms with E-state index in [0.29, 0.717) is 17.1 Å². The van der Waals surface area contributed by atoms with Gasteiger partial charge in [-0.3, -0.25) is 38.6 Å². The molecule has 0 N–H and O–H groups in total. The van der Waals surface area contributed by atoms with Crippen LogP contribution in [-0.2, 0) is 28.8 Å². The van der Waals surface area contributed by atoms with Crippen LogP contribution < -0.4 is 0 Å². The van der Waals surface area contributed by atoms with Crippen molar-refractivity contribution in [3.63, 3.8) is 0 Å². The van der Waals surface area contributed by atoms with Crippen LogP contribution in [-0.4, -0.2) is 80.0 Å². The summed E-state index contributed by atoms with van der Waals surface area (Å²) in [7, 11) is 0. The van der Waals surface area contributed by atoms with Gasteiger partial charge in [0.2, 0.25) is 34.1 Å². The quantitative estimate of drug-likeness (QED) is 0.215. The molecule has 0 aromatic carbocycles. The van der Waals surface area contributed by atoms with E-state index < -0.39 is 69.9 Å². The first kappa shape index (κ1) is 28.2. The van der Waals surface area contributed by atoms with Crippen LogP contribution in [0.15, 0.2) is 11.6 Å². The number of thioether (sulfide) groups is 2. The summed E-state index contributed by atoms with van der Waals surface area (Å²) < 4.78 is 0. The molecule has 3 rings (SSSR count). The summed E-state index contributed by atoms with van der Waals surface area (Å²) in [6.07, 6.45) is 6.13. The van der Waals surface area contributed by atoms with Crippen molar-refractivity contribution in [1.29, 1.82) is 0 Å². The van der Waals surface area contributed by atoms with Gasteiger partial charge >= 0.3 is 0 Å². The van der Waals surface area contributed by atoms with Crippen LogP contribution in [0.3, 0.4) is 0 Å². The van der Waals surface area contributed by atoms with Crippen molar-refractivity contribution in [3.8, 4) is 0 Å². The smallest absolute Gasteiger partial charge is 0.244 e. The minimum Gasteiger partial charge on any atom is -0.279 e. The maximum atomic E-state index is 13.3. The van der Waals surface area contributed by atoms with Crippen LogP contribution in [0.1, 0.15) is 32.6 Å². The zero-order valence-corrected chi connectivity index (χ0v) is 22.8. The lowest BCUT2D eigenvalue weighted by Crippen LogP contribution is -2.45. The fourth-order valence-corrected chi connectivity index (χ4v) is 6.71. The van der Waals surface area contributed by atoms with Crippen molar-refractivity contribution in [2.75, 3.05) is 24.0 Å². The molecule has 0 radical (unpaired) electrons. The minimum atomic E-state index is -1.03. The summed E-state index contributed by atoms with van der Waals surface area (Å²) in [5.74, 6) is -3.41. The zero-order chi connectivity index (χ0) is 26.0. The lowest BCUT2D eigenvalue weighted by molar-refractivity contribution is -0.146. The third kappa shape index (κ3) is 5.50. The number of fused-ring (bicyclic) bond motifs is 1. The largest absolute Gasteiger partial charge is 0.279 e. The van der Waals surface area contributed by atoms with Crippen LogP contribution >= 0.6 is 46.7 Å². The molecule has 0 aromatic heterocycles. The van der Waals surface area contributed by atoms with E-state index in [1.807, 2.05) is 12.5 Å². The second-order valence-electron chi connectivity index (χ2n) is 9.06. The van der Waals surface area contributed by atoms with E-state index in [-0.39, 0.29) is 25.7 Å². The predicted molar refractivity (Wildman–Crippen MR) is 136 cm³/mol. The fraction of sp³-hybridized carbons (Fsp3) is 0.652. The first-order chi connectivity index (χ1) is 16.5. The van der Waals surface area contributed by atoms with E-state index in [4.69, 9.17) is 23.2 Å². The van der Waals surface area contributed by atoms with Crippen molar-refractivity contribution in [2.24, 2.45) is 23.7 Å². The molecule has 35 heavy (non-hydrogen) atoms. The number of rotatable bonds is 11. The Hall–Kier alpha value is -1.36. The summed E-state index contributed by atoms with van der Waals surface area (Å²) in [6.45, 7) is 1.72. The summed E-state index contributed by atoms with van der Waals surface area (Å²) in [5.41, 5.74) is 0.629. The molecule has 4 unspecified atom stereocenters. The van der Waals surface area contributed by atoms with Gasteiger partial charge in [-0.05, 0) is 79.3 Å². The molecule has 12 heteroatoms. The van der Waals surface area contributed by atoms with Crippen molar-refractivity contribution in [3.05, 3.63) is 11.6 Å². The van der Waals surface area contributed by atoms with Crippen molar-refractivity contribution in [2.45, 2.75) is 44.7 Å². The van der Waals surface area contributed by atoms with Gasteiger partial charge in [0.25, 0.3) is 0 Å². The van der Waals surface area contributed by atoms with E-state index >= 15 is 0 Å². The number of imide groups is 2. The van der Waals surface area contributed by atoms with Gasteiger partial charge < -0.3 is 0 Å². The molecule has 0 aromatic rings. The maximum absolute atomic E-state index is 13.3. The number of hydrogen-bond acceptors (Lipinski definition) is 8. The standard InChI is InChI=1S/C23H28Cl2N2O6S2/c1-11-8-12(13-10-17(28)26(21(13)31)15(19(24)29)4-6-34-2)9-14-18(11)23(33)27(22(14)32)16(20(25)30)5-7-35-3/h8,12-16,18H,4-7,9-10H2,1-3H3/t12?,13?,14?,15-,16-,18?/m0/s1. The Bertz CT molecular complexity index is 974. The Morgan fingerprint density at radius 3 is 1.94 bits per heavy atom. The highest BCUT2D eigenvalue weighted by atomic mass is 35.5. The molecule has 192 valence electrons. The summed E-state index contributed by atoms with van der Waals surface area (Å²) in [5, 5.41) is -1.52. The molecule has 0 saturated carbocycles. The molecule has 2 heterocycles. The highest BCUT2D eigenvalue weighted by molar-refractivity contribution is 7.98. The highest BCUT2D eigenvalue weighted by Crippen LogP contribution is 2.46. The van der Waals surface area contributed by atoms with Gasteiger partial charge in [0.15, 0.2) is 0 Å². The summed E-state index contributed by atoms with van der Waals surface area (Å²) in [4.78, 5) is 78.6. The highest BCUT2D eigenvalue weighted by Gasteiger charge is 2.56. The SMILES string of the molecule is CSCC[C@@H](C(=O)Cl)N1C(=O)CC(C2C=C(C)C3C(=O)N([C@@H](CCSC)C(=O)Cl)C(=O)C3C2)C1=O. The van der Waals surface area contributed by atoms with Crippen LogP contribution in [0.4, 0.5) is 0 Å². The number of nitrogens with zero attached hydrogens (tertiary/aromatic N) is 2. The topological polar surface area (TPSA) is 109 Å². The average Bonchev–Trinajstić information content (AvgIpc) is 3.22.